The zero-order valence-electron chi connectivity index (χ0n) is 16.6. The highest BCUT2D eigenvalue weighted by Gasteiger charge is 2.32. The van der Waals surface area contributed by atoms with E-state index in [1.807, 2.05) is 0 Å². The lowest BCUT2D eigenvalue weighted by Gasteiger charge is -2.30. The number of hydrogen-bond acceptors (Lipinski definition) is 5. The van der Waals surface area contributed by atoms with Gasteiger partial charge in [0.2, 0.25) is 15.9 Å². The van der Waals surface area contributed by atoms with Crippen LogP contribution in [0.4, 0.5) is 20.6 Å². The molecule has 3 rings (SSSR count). The summed E-state index contributed by atoms with van der Waals surface area (Å²) in [4.78, 5) is 23.7. The number of carbonyl (C=O) groups excluding carboxylic acids is 2. The lowest BCUT2D eigenvalue weighted by molar-refractivity contribution is -0.120. The average molecular weight is 470 g/mol. The standard InChI is InChI=1S/C20H21ClFN3O5S/c1-30-20(27)24-15-4-2-14(3-5-15)23-19(26)13-8-10-25(11-9-13)31(28,29)16-6-7-18(22)17(21)12-16/h2-7,12-13H,8-11H2,1H3,(H,23,26)(H,24,27). The number of nitrogens with one attached hydrogen (secondary N) is 2. The van der Waals surface area contributed by atoms with E-state index in [2.05, 4.69) is 15.4 Å². The summed E-state index contributed by atoms with van der Waals surface area (Å²) >= 11 is 5.70. The minimum absolute atomic E-state index is 0.0811. The molecule has 0 spiro atoms. The van der Waals surface area contributed by atoms with Crippen molar-refractivity contribution in [1.29, 1.82) is 0 Å². The molecule has 0 bridgehead atoms. The normalized spacial score (nSPS) is 15.3. The van der Waals surface area contributed by atoms with E-state index in [1.165, 1.54) is 17.5 Å². The smallest absolute Gasteiger partial charge is 0.411 e. The fraction of sp³-hybridized carbons (Fsp3) is 0.300. The largest absolute Gasteiger partial charge is 0.453 e. The number of nitrogens with zero attached hydrogens (tertiary/aromatic N) is 1. The molecule has 0 atom stereocenters. The van der Waals surface area contributed by atoms with Crippen molar-refractivity contribution < 1.29 is 27.1 Å². The molecule has 166 valence electrons. The minimum Gasteiger partial charge on any atom is -0.453 e. The third-order valence-electron chi connectivity index (χ3n) is 4.94. The number of sulfonamides is 1. The molecular formula is C20H21ClFN3O5S. The lowest BCUT2D eigenvalue weighted by atomic mass is 9.97. The van der Waals surface area contributed by atoms with Gasteiger partial charge in [-0.2, -0.15) is 4.31 Å². The number of anilines is 2. The van der Waals surface area contributed by atoms with Crippen LogP contribution in [0.3, 0.4) is 0 Å². The molecule has 0 unspecified atom stereocenters. The first kappa shape index (κ1) is 23.0. The van der Waals surface area contributed by atoms with Crippen molar-refractivity contribution in [2.75, 3.05) is 30.8 Å². The Morgan fingerprint density at radius 1 is 1.06 bits per heavy atom. The molecule has 0 aliphatic carbocycles. The maximum Gasteiger partial charge on any atom is 0.411 e. The third kappa shape index (κ3) is 5.52. The van der Waals surface area contributed by atoms with Crippen molar-refractivity contribution >= 4 is 45.0 Å². The molecule has 2 aromatic rings. The Hall–Kier alpha value is -2.69. The zero-order chi connectivity index (χ0) is 22.6. The zero-order valence-corrected chi connectivity index (χ0v) is 18.2. The van der Waals surface area contributed by atoms with Gasteiger partial charge in [0.15, 0.2) is 0 Å². The second-order valence-corrected chi connectivity index (χ2v) is 9.28. The van der Waals surface area contributed by atoms with E-state index in [0.29, 0.717) is 24.2 Å². The van der Waals surface area contributed by atoms with E-state index in [-0.39, 0.29) is 34.8 Å². The molecule has 2 N–H and O–H groups in total. The molecule has 2 aromatic carbocycles. The number of halogens is 2. The van der Waals surface area contributed by atoms with Gasteiger partial charge in [0.25, 0.3) is 0 Å². The molecule has 1 aliphatic heterocycles. The van der Waals surface area contributed by atoms with Crippen LogP contribution < -0.4 is 10.6 Å². The number of carbonyl (C=O) groups is 2. The number of benzene rings is 2. The first-order valence-corrected chi connectivity index (χ1v) is 11.2. The fourth-order valence-corrected chi connectivity index (χ4v) is 4.94. The summed E-state index contributed by atoms with van der Waals surface area (Å²) in [6.45, 7) is 0.328. The fourth-order valence-electron chi connectivity index (χ4n) is 3.19. The molecule has 8 nitrogen and oxygen atoms in total. The van der Waals surface area contributed by atoms with E-state index in [4.69, 9.17) is 11.6 Å². The number of piperidine rings is 1. The number of amides is 2. The number of rotatable bonds is 5. The number of methoxy groups -OCH3 is 1. The Morgan fingerprint density at radius 2 is 1.65 bits per heavy atom. The Bertz CT molecular complexity index is 1070. The van der Waals surface area contributed by atoms with E-state index in [0.717, 1.165) is 12.1 Å². The van der Waals surface area contributed by atoms with Crippen molar-refractivity contribution in [2.45, 2.75) is 17.7 Å². The highest BCUT2D eigenvalue weighted by molar-refractivity contribution is 7.89. The van der Waals surface area contributed by atoms with Gasteiger partial charge >= 0.3 is 6.09 Å². The van der Waals surface area contributed by atoms with Crippen molar-refractivity contribution in [3.63, 3.8) is 0 Å². The molecule has 0 aromatic heterocycles. The molecule has 0 saturated carbocycles. The van der Waals surface area contributed by atoms with Gasteiger partial charge in [0.1, 0.15) is 5.82 Å². The van der Waals surface area contributed by atoms with Crippen LogP contribution >= 0.6 is 11.6 Å². The van der Waals surface area contributed by atoms with Gasteiger partial charge < -0.3 is 10.1 Å². The van der Waals surface area contributed by atoms with Crippen molar-refractivity contribution in [2.24, 2.45) is 5.92 Å². The topological polar surface area (TPSA) is 105 Å². The summed E-state index contributed by atoms with van der Waals surface area (Å²) in [6, 6.07) is 9.80. The molecule has 0 radical (unpaired) electrons. The van der Waals surface area contributed by atoms with E-state index in [9.17, 15) is 22.4 Å². The van der Waals surface area contributed by atoms with Gasteiger partial charge in [0, 0.05) is 30.4 Å². The van der Waals surface area contributed by atoms with Crippen molar-refractivity contribution in [3.05, 3.63) is 53.3 Å². The van der Waals surface area contributed by atoms with Crippen LogP contribution in [0.25, 0.3) is 0 Å². The summed E-state index contributed by atoms with van der Waals surface area (Å²) < 4.78 is 44.6. The molecule has 1 aliphatic rings. The first-order chi connectivity index (χ1) is 14.7. The predicted molar refractivity (Wildman–Crippen MR) is 114 cm³/mol. The lowest BCUT2D eigenvalue weighted by Crippen LogP contribution is -2.41. The van der Waals surface area contributed by atoms with E-state index >= 15 is 0 Å². The van der Waals surface area contributed by atoms with Crippen LogP contribution in [0.5, 0.6) is 0 Å². The summed E-state index contributed by atoms with van der Waals surface area (Å²) in [7, 11) is -2.56. The highest BCUT2D eigenvalue weighted by Crippen LogP contribution is 2.27. The number of hydrogen-bond donors (Lipinski definition) is 2. The van der Waals surface area contributed by atoms with Crippen LogP contribution in [0.15, 0.2) is 47.4 Å². The highest BCUT2D eigenvalue weighted by atomic mass is 35.5. The summed E-state index contributed by atoms with van der Waals surface area (Å²) in [6.07, 6.45) is 0.102. The van der Waals surface area contributed by atoms with E-state index < -0.39 is 21.9 Å². The second-order valence-electron chi connectivity index (χ2n) is 6.94. The molecule has 11 heteroatoms. The average Bonchev–Trinajstić information content (AvgIpc) is 2.76. The van der Waals surface area contributed by atoms with E-state index in [1.54, 1.807) is 24.3 Å². The Balaban J connectivity index is 1.57. The Morgan fingerprint density at radius 3 is 2.19 bits per heavy atom. The second kappa shape index (κ2) is 9.63. The van der Waals surface area contributed by atoms with Crippen LogP contribution in [-0.2, 0) is 19.6 Å². The maximum absolute atomic E-state index is 13.3. The number of ether oxygens (including phenoxy) is 1. The summed E-state index contributed by atoms with van der Waals surface area (Å²) in [5.41, 5.74) is 1.07. The van der Waals surface area contributed by atoms with Gasteiger partial charge in [0.05, 0.1) is 17.0 Å². The van der Waals surface area contributed by atoms with Crippen LogP contribution in [0.1, 0.15) is 12.8 Å². The molecule has 1 saturated heterocycles. The van der Waals surface area contributed by atoms with Gasteiger partial charge in [-0.25, -0.2) is 17.6 Å². The molecule has 1 fully saturated rings. The van der Waals surface area contributed by atoms with Crippen LogP contribution in [0.2, 0.25) is 5.02 Å². The van der Waals surface area contributed by atoms with Gasteiger partial charge in [-0.3, -0.25) is 10.1 Å². The predicted octanol–water partition coefficient (Wildman–Crippen LogP) is 3.70. The van der Waals surface area contributed by atoms with Crippen molar-refractivity contribution in [1.82, 2.24) is 4.31 Å². The SMILES string of the molecule is COC(=O)Nc1ccc(NC(=O)C2CCN(S(=O)(=O)c3ccc(F)c(Cl)c3)CC2)cc1. The van der Waals surface area contributed by atoms with Gasteiger partial charge in [-0.05, 0) is 55.3 Å². The Labute approximate surface area is 184 Å². The molecule has 1 heterocycles. The Kier molecular flexibility index (Phi) is 7.14. The maximum atomic E-state index is 13.3. The van der Waals surface area contributed by atoms with Crippen LogP contribution in [-0.4, -0.2) is 44.9 Å². The minimum atomic E-state index is -3.82. The van der Waals surface area contributed by atoms with Crippen molar-refractivity contribution in [3.8, 4) is 0 Å². The monoisotopic (exact) mass is 469 g/mol. The van der Waals surface area contributed by atoms with Crippen LogP contribution in [0, 0.1) is 11.7 Å². The molecule has 31 heavy (non-hydrogen) atoms. The first-order valence-electron chi connectivity index (χ1n) is 9.42. The molecule has 2 amide bonds. The summed E-state index contributed by atoms with van der Waals surface area (Å²) in [5, 5.41) is 5.04. The van der Waals surface area contributed by atoms with Gasteiger partial charge in [-0.1, -0.05) is 11.6 Å². The third-order valence-corrected chi connectivity index (χ3v) is 7.12. The summed E-state index contributed by atoms with van der Waals surface area (Å²) in [5.74, 6) is -1.25. The quantitative estimate of drug-likeness (QED) is 0.694. The molecular weight excluding hydrogens is 449 g/mol. The van der Waals surface area contributed by atoms with Gasteiger partial charge in [-0.15, -0.1) is 0 Å².